The Balaban J connectivity index is 2.33. The van der Waals surface area contributed by atoms with Crippen molar-refractivity contribution < 1.29 is 14.3 Å². The summed E-state index contributed by atoms with van der Waals surface area (Å²) in [6.45, 7) is 3.57. The number of nitrogens with two attached hydrogens (primary N) is 1. The van der Waals surface area contributed by atoms with Gasteiger partial charge in [-0.15, -0.1) is 11.3 Å². The van der Waals surface area contributed by atoms with Gasteiger partial charge in [-0.05, 0) is 32.0 Å². The summed E-state index contributed by atoms with van der Waals surface area (Å²) in [5, 5.41) is 4.96. The quantitative estimate of drug-likeness (QED) is 0.439. The molecule has 0 aliphatic heterocycles. The summed E-state index contributed by atoms with van der Waals surface area (Å²) in [5.41, 5.74) is 8.76. The number of esters is 1. The van der Waals surface area contributed by atoms with Gasteiger partial charge in [-0.25, -0.2) is 9.78 Å². The molecule has 132 valence electrons. The third-order valence-electron chi connectivity index (χ3n) is 2.91. The molecule has 0 aliphatic carbocycles. The van der Waals surface area contributed by atoms with Crippen LogP contribution in [0.3, 0.4) is 0 Å². The van der Waals surface area contributed by atoms with Crippen LogP contribution in [-0.2, 0) is 9.53 Å². The van der Waals surface area contributed by atoms with E-state index in [1.54, 1.807) is 26.0 Å². The van der Waals surface area contributed by atoms with Gasteiger partial charge in [0.05, 0.1) is 23.0 Å². The molecule has 7 nitrogen and oxygen atoms in total. The van der Waals surface area contributed by atoms with E-state index in [0.717, 1.165) is 11.3 Å². The van der Waals surface area contributed by atoms with Gasteiger partial charge in [-0.3, -0.25) is 10.2 Å². The average Bonchev–Trinajstić information content (AvgIpc) is 2.91. The van der Waals surface area contributed by atoms with Crippen molar-refractivity contribution in [3.05, 3.63) is 43.8 Å². The summed E-state index contributed by atoms with van der Waals surface area (Å²) in [6, 6.07) is 4.74. The molecule has 0 spiro atoms. The highest BCUT2D eigenvalue weighted by molar-refractivity contribution is 7.16. The normalized spacial score (nSPS) is 11.3. The van der Waals surface area contributed by atoms with E-state index in [0.29, 0.717) is 21.4 Å². The Labute approximate surface area is 157 Å². The molecule has 0 atom stereocenters. The van der Waals surface area contributed by atoms with E-state index in [-0.39, 0.29) is 22.2 Å². The first-order chi connectivity index (χ1) is 11.8. The number of carbonyl (C=O) groups is 2. The fourth-order valence-electron chi connectivity index (χ4n) is 1.79. The van der Waals surface area contributed by atoms with E-state index in [9.17, 15) is 9.59 Å². The van der Waals surface area contributed by atoms with Crippen LogP contribution >= 0.6 is 34.5 Å². The molecule has 1 heterocycles. The van der Waals surface area contributed by atoms with E-state index in [4.69, 9.17) is 33.7 Å². The Morgan fingerprint density at radius 2 is 2.12 bits per heavy atom. The van der Waals surface area contributed by atoms with E-state index in [2.05, 4.69) is 15.5 Å². The van der Waals surface area contributed by atoms with E-state index in [1.165, 1.54) is 6.07 Å². The third kappa shape index (κ3) is 4.68. The number of amides is 1. The summed E-state index contributed by atoms with van der Waals surface area (Å²) in [5.74, 6) is -1.32. The first-order valence-electron chi connectivity index (χ1n) is 7.07. The van der Waals surface area contributed by atoms with Crippen LogP contribution in [0.1, 0.15) is 27.3 Å². The predicted octanol–water partition coefficient (Wildman–Crippen LogP) is 3.24. The number of hydrogen-bond acceptors (Lipinski definition) is 7. The van der Waals surface area contributed by atoms with Crippen LogP contribution in [0, 0.1) is 6.92 Å². The van der Waals surface area contributed by atoms with E-state index >= 15 is 0 Å². The highest BCUT2D eigenvalue weighted by atomic mass is 35.5. The van der Waals surface area contributed by atoms with E-state index in [1.807, 2.05) is 0 Å². The van der Waals surface area contributed by atoms with Crippen LogP contribution in [0.5, 0.6) is 0 Å². The molecule has 1 aromatic heterocycles. The Morgan fingerprint density at radius 3 is 2.72 bits per heavy atom. The third-order valence-corrected chi connectivity index (χ3v) is 4.60. The van der Waals surface area contributed by atoms with Crippen LogP contribution in [0.4, 0.5) is 5.69 Å². The first kappa shape index (κ1) is 19.2. The van der Waals surface area contributed by atoms with Crippen molar-refractivity contribution in [1.29, 1.82) is 0 Å². The highest BCUT2D eigenvalue weighted by Crippen LogP contribution is 2.26. The number of nitrogens with one attached hydrogen (secondary N) is 1. The van der Waals surface area contributed by atoms with Crippen molar-refractivity contribution in [2.45, 2.75) is 13.8 Å². The molecule has 0 fully saturated rings. The molecule has 1 amide bonds. The number of thiazole rings is 1. The number of aromatic nitrogens is 1. The molecule has 3 N–H and O–H groups in total. The molecule has 10 heteroatoms. The Morgan fingerprint density at radius 1 is 1.40 bits per heavy atom. The second-order valence-electron chi connectivity index (χ2n) is 4.71. The minimum atomic E-state index is -0.804. The van der Waals surface area contributed by atoms with Gasteiger partial charge in [0.25, 0.3) is 5.91 Å². The van der Waals surface area contributed by atoms with Crippen molar-refractivity contribution >= 4 is 57.8 Å². The maximum Gasteiger partial charge on any atom is 0.350 e. The summed E-state index contributed by atoms with van der Waals surface area (Å²) >= 11 is 12.8. The number of nitrogens with zero attached hydrogens (tertiary/aromatic N) is 2. The minimum absolute atomic E-state index is 0.130. The standard InChI is InChI=1S/C15H14Cl2N4O3S/c1-3-24-15(23)12-7(2)19-14(25-12)11(13(18)22)21-20-10-5-4-8(16)6-9(10)17/h4-6,20H,3H2,1-2H3,(H2,18,22)/b21-11+. The number of halogens is 2. The highest BCUT2D eigenvalue weighted by Gasteiger charge is 2.22. The second-order valence-corrected chi connectivity index (χ2v) is 6.56. The van der Waals surface area contributed by atoms with Gasteiger partial charge in [0.2, 0.25) is 0 Å². The van der Waals surface area contributed by atoms with Crippen molar-refractivity contribution in [2.24, 2.45) is 10.8 Å². The maximum atomic E-state index is 11.9. The molecular weight excluding hydrogens is 387 g/mol. The largest absolute Gasteiger partial charge is 0.462 e. The van der Waals surface area contributed by atoms with Crippen molar-refractivity contribution in [1.82, 2.24) is 4.98 Å². The van der Waals surface area contributed by atoms with Crippen molar-refractivity contribution in [2.75, 3.05) is 12.0 Å². The van der Waals surface area contributed by atoms with Gasteiger partial charge in [-0.2, -0.15) is 5.10 Å². The minimum Gasteiger partial charge on any atom is -0.462 e. The summed E-state index contributed by atoms with van der Waals surface area (Å²) < 4.78 is 4.95. The lowest BCUT2D eigenvalue weighted by Gasteiger charge is -2.05. The molecule has 0 saturated carbocycles. The number of rotatable bonds is 6. The molecule has 2 aromatic rings. The van der Waals surface area contributed by atoms with Crippen molar-refractivity contribution in [3.63, 3.8) is 0 Å². The number of primary amides is 1. The predicted molar refractivity (Wildman–Crippen MR) is 98.6 cm³/mol. The topological polar surface area (TPSA) is 107 Å². The number of hydrazone groups is 1. The smallest absolute Gasteiger partial charge is 0.350 e. The fourth-order valence-corrected chi connectivity index (χ4v) is 3.19. The zero-order valence-electron chi connectivity index (χ0n) is 13.3. The molecule has 2 rings (SSSR count). The monoisotopic (exact) mass is 400 g/mol. The van der Waals surface area contributed by atoms with Crippen LogP contribution in [0.25, 0.3) is 0 Å². The molecule has 0 bridgehead atoms. The van der Waals surface area contributed by atoms with Gasteiger partial charge in [0.1, 0.15) is 9.88 Å². The second kappa shape index (κ2) is 8.28. The molecule has 0 saturated heterocycles. The molecule has 0 unspecified atom stereocenters. The van der Waals surface area contributed by atoms with Gasteiger partial charge in [0, 0.05) is 5.02 Å². The molecule has 0 radical (unpaired) electrons. The average molecular weight is 401 g/mol. The van der Waals surface area contributed by atoms with Crippen LogP contribution in [-0.4, -0.2) is 29.2 Å². The maximum absolute atomic E-state index is 11.9. The summed E-state index contributed by atoms with van der Waals surface area (Å²) in [6.07, 6.45) is 0. The lowest BCUT2D eigenvalue weighted by Crippen LogP contribution is -2.25. The SMILES string of the molecule is CCOC(=O)c1sc(/C(=N/Nc2ccc(Cl)cc2Cl)C(N)=O)nc1C. The first-order valence-corrected chi connectivity index (χ1v) is 8.64. The van der Waals surface area contributed by atoms with Gasteiger partial charge >= 0.3 is 5.97 Å². The lowest BCUT2D eigenvalue weighted by molar-refractivity contribution is -0.111. The number of anilines is 1. The summed E-state index contributed by atoms with van der Waals surface area (Å²) in [7, 11) is 0. The van der Waals surface area contributed by atoms with Crippen LogP contribution < -0.4 is 11.2 Å². The van der Waals surface area contributed by atoms with Crippen LogP contribution in [0.15, 0.2) is 23.3 Å². The summed E-state index contributed by atoms with van der Waals surface area (Å²) in [4.78, 5) is 28.1. The van der Waals surface area contributed by atoms with Crippen LogP contribution in [0.2, 0.25) is 10.0 Å². The molecule has 0 aliphatic rings. The van der Waals surface area contributed by atoms with E-state index < -0.39 is 11.9 Å². The van der Waals surface area contributed by atoms with Gasteiger partial charge < -0.3 is 10.5 Å². The van der Waals surface area contributed by atoms with Crippen molar-refractivity contribution in [3.8, 4) is 0 Å². The zero-order chi connectivity index (χ0) is 18.6. The van der Waals surface area contributed by atoms with Gasteiger partial charge in [0.15, 0.2) is 5.71 Å². The molecule has 25 heavy (non-hydrogen) atoms. The number of hydrogen-bond donors (Lipinski definition) is 2. The number of carbonyl (C=O) groups excluding carboxylic acids is 2. The lowest BCUT2D eigenvalue weighted by atomic mass is 10.3. The number of ether oxygens (including phenoxy) is 1. The Kier molecular flexibility index (Phi) is 6.35. The number of aryl methyl sites for hydroxylation is 1. The molecule has 1 aromatic carbocycles. The fraction of sp³-hybridized carbons (Fsp3) is 0.200. The zero-order valence-corrected chi connectivity index (χ0v) is 15.6. The van der Waals surface area contributed by atoms with Gasteiger partial charge in [-0.1, -0.05) is 23.2 Å². The Bertz CT molecular complexity index is 851. The Hall–Kier alpha value is -2.16. The number of benzene rings is 1. The molecular formula is C15H14Cl2N4O3S.